The van der Waals surface area contributed by atoms with E-state index in [-0.39, 0.29) is 18.0 Å². The lowest BCUT2D eigenvalue weighted by molar-refractivity contribution is -0.129. The van der Waals surface area contributed by atoms with Crippen LogP contribution in [-0.4, -0.2) is 22.9 Å². The third-order valence-corrected chi connectivity index (χ3v) is 5.83. The van der Waals surface area contributed by atoms with E-state index < -0.39 is 16.7 Å². The molecule has 0 fully saturated rings. The Kier molecular flexibility index (Phi) is 7.25. The maximum Gasteiger partial charge on any atom is 0.171 e. The third kappa shape index (κ3) is 5.23. The van der Waals surface area contributed by atoms with Crippen LogP contribution in [0.5, 0.6) is 0 Å². The Morgan fingerprint density at radius 3 is 2.37 bits per heavy atom. The number of hydrogen-bond donors (Lipinski definition) is 0. The SMILES string of the molecule is CO/C=C(\C)C(=O)[C@H](C)C(=O)Cc1ccccc1[S@@](=O)c1ccc(C)cc1. The van der Waals surface area contributed by atoms with Gasteiger partial charge in [-0.1, -0.05) is 35.9 Å². The van der Waals surface area contributed by atoms with Crippen molar-refractivity contribution in [3.8, 4) is 0 Å². The van der Waals surface area contributed by atoms with Crippen molar-refractivity contribution in [1.82, 2.24) is 0 Å². The van der Waals surface area contributed by atoms with E-state index in [1.165, 1.54) is 13.4 Å². The second kappa shape index (κ2) is 9.42. The summed E-state index contributed by atoms with van der Waals surface area (Å²) in [4.78, 5) is 26.2. The molecule has 0 spiro atoms. The second-order valence-electron chi connectivity index (χ2n) is 6.46. The summed E-state index contributed by atoms with van der Waals surface area (Å²) in [7, 11) is 0.0709. The fourth-order valence-corrected chi connectivity index (χ4v) is 3.90. The molecule has 0 aliphatic rings. The summed E-state index contributed by atoms with van der Waals surface area (Å²) in [6, 6.07) is 14.6. The maximum atomic E-state index is 13.0. The van der Waals surface area contributed by atoms with E-state index >= 15 is 0 Å². The Balaban J connectivity index is 2.24. The molecular formula is C22H24O4S. The fraction of sp³-hybridized carbons (Fsp3) is 0.273. The van der Waals surface area contributed by atoms with Crippen LogP contribution in [0.4, 0.5) is 0 Å². The van der Waals surface area contributed by atoms with Gasteiger partial charge in [-0.25, -0.2) is 4.21 Å². The van der Waals surface area contributed by atoms with E-state index in [1.54, 1.807) is 38.1 Å². The van der Waals surface area contributed by atoms with Crippen molar-refractivity contribution in [2.75, 3.05) is 7.11 Å². The standard InChI is InChI=1S/C22H24O4S/c1-15-9-11-19(12-10-15)27(25)21-8-6-5-7-18(21)13-20(23)17(3)22(24)16(2)14-26-4/h5-12,14,17H,13H2,1-4H3/b16-14+/t17-,27+/m1/s1. The number of allylic oxidation sites excluding steroid dienone is 1. The van der Waals surface area contributed by atoms with Crippen LogP contribution in [-0.2, 0) is 31.5 Å². The van der Waals surface area contributed by atoms with E-state index in [0.717, 1.165) is 5.56 Å². The minimum absolute atomic E-state index is 0.0565. The lowest BCUT2D eigenvalue weighted by Gasteiger charge is -2.13. The average Bonchev–Trinajstić information content (AvgIpc) is 2.67. The molecule has 0 unspecified atom stereocenters. The molecule has 2 rings (SSSR count). The first-order valence-electron chi connectivity index (χ1n) is 8.68. The number of ketones is 2. The Hall–Kier alpha value is -2.53. The van der Waals surface area contributed by atoms with Crippen LogP contribution in [0.15, 0.2) is 70.2 Å². The molecule has 4 nitrogen and oxygen atoms in total. The number of Topliss-reactive ketones (excluding diaryl/α,β-unsaturated/α-hetero) is 2. The molecule has 0 bridgehead atoms. The van der Waals surface area contributed by atoms with Gasteiger partial charge in [-0.3, -0.25) is 9.59 Å². The first-order chi connectivity index (χ1) is 12.8. The lowest BCUT2D eigenvalue weighted by atomic mass is 9.93. The molecule has 5 heteroatoms. The molecule has 0 amide bonds. The monoisotopic (exact) mass is 384 g/mol. The summed E-state index contributed by atoms with van der Waals surface area (Å²) in [6.45, 7) is 5.19. The van der Waals surface area contributed by atoms with Crippen LogP contribution in [0, 0.1) is 12.8 Å². The quantitative estimate of drug-likeness (QED) is 0.392. The second-order valence-corrected chi connectivity index (χ2v) is 7.90. The predicted molar refractivity (Wildman–Crippen MR) is 106 cm³/mol. The highest BCUT2D eigenvalue weighted by atomic mass is 32.2. The number of hydrogen-bond acceptors (Lipinski definition) is 4. The van der Waals surface area contributed by atoms with Crippen molar-refractivity contribution in [3.63, 3.8) is 0 Å². The van der Waals surface area contributed by atoms with Crippen molar-refractivity contribution >= 4 is 22.4 Å². The van der Waals surface area contributed by atoms with Gasteiger partial charge in [0, 0.05) is 21.8 Å². The lowest BCUT2D eigenvalue weighted by Crippen LogP contribution is -2.24. The first-order valence-corrected chi connectivity index (χ1v) is 9.83. The zero-order valence-corrected chi connectivity index (χ0v) is 16.8. The molecule has 0 saturated heterocycles. The van der Waals surface area contributed by atoms with Crippen LogP contribution in [0.3, 0.4) is 0 Å². The molecule has 0 saturated carbocycles. The van der Waals surface area contributed by atoms with Crippen molar-refractivity contribution in [3.05, 3.63) is 71.5 Å². The van der Waals surface area contributed by atoms with E-state index in [0.29, 0.717) is 20.9 Å². The highest BCUT2D eigenvalue weighted by Crippen LogP contribution is 2.22. The van der Waals surface area contributed by atoms with Crippen LogP contribution in [0.25, 0.3) is 0 Å². The largest absolute Gasteiger partial charge is 0.504 e. The zero-order chi connectivity index (χ0) is 20.0. The van der Waals surface area contributed by atoms with Gasteiger partial charge in [0.2, 0.25) is 0 Å². The number of rotatable bonds is 8. The minimum Gasteiger partial charge on any atom is -0.504 e. The Bertz CT molecular complexity index is 881. The van der Waals surface area contributed by atoms with E-state index in [2.05, 4.69) is 0 Å². The van der Waals surface area contributed by atoms with Crippen molar-refractivity contribution < 1.29 is 18.5 Å². The van der Waals surface area contributed by atoms with Gasteiger partial charge in [0.15, 0.2) is 5.78 Å². The molecule has 2 atom stereocenters. The van der Waals surface area contributed by atoms with Gasteiger partial charge in [-0.05, 0) is 44.5 Å². The average molecular weight is 384 g/mol. The van der Waals surface area contributed by atoms with E-state index in [9.17, 15) is 13.8 Å². The molecule has 0 N–H and O–H groups in total. The topological polar surface area (TPSA) is 60.4 Å². The summed E-state index contributed by atoms with van der Waals surface area (Å²) in [5.41, 5.74) is 2.16. The highest BCUT2D eigenvalue weighted by Gasteiger charge is 2.24. The third-order valence-electron chi connectivity index (χ3n) is 4.33. The number of benzene rings is 2. The number of carbonyl (C=O) groups excluding carboxylic acids is 2. The molecule has 2 aromatic carbocycles. The fourth-order valence-electron chi connectivity index (χ4n) is 2.68. The van der Waals surface area contributed by atoms with Gasteiger partial charge in [-0.2, -0.15) is 0 Å². The summed E-state index contributed by atoms with van der Waals surface area (Å²) in [6.07, 6.45) is 1.40. The van der Waals surface area contributed by atoms with Crippen LogP contribution in [0.1, 0.15) is 25.0 Å². The number of aryl methyl sites for hydroxylation is 1. The van der Waals surface area contributed by atoms with Crippen molar-refractivity contribution in [2.24, 2.45) is 5.92 Å². The zero-order valence-electron chi connectivity index (χ0n) is 16.0. The van der Waals surface area contributed by atoms with E-state index in [1.807, 2.05) is 31.2 Å². The maximum absolute atomic E-state index is 13.0. The molecule has 0 aromatic heterocycles. The molecule has 0 aliphatic heterocycles. The summed E-state index contributed by atoms with van der Waals surface area (Å²) >= 11 is 0. The van der Waals surface area contributed by atoms with Gasteiger partial charge < -0.3 is 4.74 Å². The van der Waals surface area contributed by atoms with E-state index in [4.69, 9.17) is 4.74 Å². The Morgan fingerprint density at radius 1 is 1.11 bits per heavy atom. The van der Waals surface area contributed by atoms with Crippen LogP contribution >= 0.6 is 0 Å². The molecule has 27 heavy (non-hydrogen) atoms. The first kappa shape index (κ1) is 20.8. The Labute approximate surface area is 162 Å². The summed E-state index contributed by atoms with van der Waals surface area (Å²) < 4.78 is 17.8. The van der Waals surface area contributed by atoms with Gasteiger partial charge in [0.05, 0.1) is 30.1 Å². The normalized spacial score (nSPS) is 13.7. The van der Waals surface area contributed by atoms with Gasteiger partial charge in [0.1, 0.15) is 5.78 Å². The number of carbonyl (C=O) groups is 2. The van der Waals surface area contributed by atoms with Gasteiger partial charge in [0.25, 0.3) is 0 Å². The van der Waals surface area contributed by atoms with Gasteiger partial charge in [-0.15, -0.1) is 0 Å². The number of methoxy groups -OCH3 is 1. The van der Waals surface area contributed by atoms with Crippen molar-refractivity contribution in [1.29, 1.82) is 0 Å². The predicted octanol–water partition coefficient (Wildman–Crippen LogP) is 4.03. The molecule has 142 valence electrons. The molecule has 0 heterocycles. The Morgan fingerprint density at radius 2 is 1.74 bits per heavy atom. The molecule has 2 aromatic rings. The van der Waals surface area contributed by atoms with Gasteiger partial charge >= 0.3 is 0 Å². The van der Waals surface area contributed by atoms with Crippen molar-refractivity contribution in [2.45, 2.75) is 37.0 Å². The highest BCUT2D eigenvalue weighted by molar-refractivity contribution is 7.85. The number of ether oxygens (including phenoxy) is 1. The van der Waals surface area contributed by atoms with Crippen LogP contribution in [0.2, 0.25) is 0 Å². The molecule has 0 radical (unpaired) electrons. The minimum atomic E-state index is -1.39. The van der Waals surface area contributed by atoms with Crippen LogP contribution < -0.4 is 0 Å². The molecule has 0 aliphatic carbocycles. The smallest absolute Gasteiger partial charge is 0.171 e. The summed E-state index contributed by atoms with van der Waals surface area (Å²) in [5.74, 6) is -1.26. The molecular weight excluding hydrogens is 360 g/mol. The summed E-state index contributed by atoms with van der Waals surface area (Å²) in [5, 5.41) is 0.